The highest BCUT2D eigenvalue weighted by atomic mass is 32.2. The summed E-state index contributed by atoms with van der Waals surface area (Å²) >= 11 is 0. The molecule has 7 heteroatoms. The zero-order chi connectivity index (χ0) is 18.2. The average molecular weight is 351 g/mol. The Labute approximate surface area is 142 Å². The molecule has 0 spiro atoms. The molecule has 0 aromatic heterocycles. The molecule has 3 N–H and O–H groups in total. The summed E-state index contributed by atoms with van der Waals surface area (Å²) in [5.41, 5.74) is 6.67. The highest BCUT2D eigenvalue weighted by molar-refractivity contribution is 7.86. The second-order valence-electron chi connectivity index (χ2n) is 5.14. The molecule has 0 aliphatic carbocycles. The van der Waals surface area contributed by atoms with Gasteiger partial charge in [0.25, 0.3) is 10.1 Å². The van der Waals surface area contributed by atoms with Gasteiger partial charge in [-0.25, -0.2) is 0 Å². The van der Waals surface area contributed by atoms with Crippen LogP contribution in [0.15, 0.2) is 59.5 Å². The molecule has 1 atom stereocenters. The van der Waals surface area contributed by atoms with Crippen molar-refractivity contribution < 1.29 is 22.5 Å². The van der Waals surface area contributed by atoms with Crippen LogP contribution >= 0.6 is 0 Å². The lowest BCUT2D eigenvalue weighted by Crippen LogP contribution is -2.25. The van der Waals surface area contributed by atoms with Crippen molar-refractivity contribution in [2.45, 2.75) is 31.4 Å². The van der Waals surface area contributed by atoms with Crippen LogP contribution in [0.2, 0.25) is 0 Å². The minimum atomic E-state index is -3.68. The van der Waals surface area contributed by atoms with Crippen LogP contribution in [0.4, 0.5) is 0 Å². The third-order valence-electron chi connectivity index (χ3n) is 2.92. The maximum atomic E-state index is 11.9. The van der Waals surface area contributed by atoms with E-state index in [4.69, 9.17) is 15.0 Å². The molecule has 6 nitrogen and oxygen atoms in total. The van der Waals surface area contributed by atoms with Crippen molar-refractivity contribution in [1.29, 1.82) is 0 Å². The van der Waals surface area contributed by atoms with E-state index in [9.17, 15) is 13.2 Å². The van der Waals surface area contributed by atoms with Crippen LogP contribution in [0.3, 0.4) is 0 Å². The van der Waals surface area contributed by atoms with Crippen LogP contribution in [-0.2, 0) is 25.7 Å². The standard InChI is InChI=1S/C14H14O3S.C3H7NO2/c1-12-7-9-14(10-8-12)18(15,16)17-11-13-5-3-2-4-6-13;1-2(4)3(5)6/h2-10H,11H2,1H3;2H,4H2,1H3,(H,5,6). The predicted molar refractivity (Wildman–Crippen MR) is 90.9 cm³/mol. The number of carboxylic acid groups (broad SMARTS) is 1. The van der Waals surface area contributed by atoms with Crippen molar-refractivity contribution in [3.8, 4) is 0 Å². The van der Waals surface area contributed by atoms with Crippen LogP contribution in [0, 0.1) is 6.92 Å². The number of benzene rings is 2. The van der Waals surface area contributed by atoms with E-state index in [2.05, 4.69) is 0 Å². The fraction of sp³-hybridized carbons (Fsp3) is 0.235. The van der Waals surface area contributed by atoms with Crippen molar-refractivity contribution in [3.05, 3.63) is 65.7 Å². The van der Waals surface area contributed by atoms with Crippen molar-refractivity contribution in [2.75, 3.05) is 0 Å². The first kappa shape index (κ1) is 19.8. The second kappa shape index (κ2) is 9.17. The molecule has 0 aliphatic rings. The molecule has 24 heavy (non-hydrogen) atoms. The lowest BCUT2D eigenvalue weighted by molar-refractivity contribution is -0.138. The van der Waals surface area contributed by atoms with Gasteiger partial charge in [-0.3, -0.25) is 8.98 Å². The highest BCUT2D eigenvalue weighted by Crippen LogP contribution is 2.15. The summed E-state index contributed by atoms with van der Waals surface area (Å²) in [5.74, 6) is -0.963. The zero-order valence-corrected chi connectivity index (χ0v) is 14.4. The monoisotopic (exact) mass is 351 g/mol. The van der Waals surface area contributed by atoms with Gasteiger partial charge in [-0.15, -0.1) is 0 Å². The van der Waals surface area contributed by atoms with Gasteiger partial charge in [0.2, 0.25) is 0 Å². The van der Waals surface area contributed by atoms with Gasteiger partial charge in [-0.1, -0.05) is 48.0 Å². The largest absolute Gasteiger partial charge is 0.480 e. The van der Waals surface area contributed by atoms with Gasteiger partial charge in [0.05, 0.1) is 11.5 Å². The molecule has 0 amide bonds. The molecule has 0 radical (unpaired) electrons. The van der Waals surface area contributed by atoms with E-state index in [-0.39, 0.29) is 11.5 Å². The Bertz CT molecular complexity index is 740. The number of hydrogen-bond donors (Lipinski definition) is 2. The molecule has 2 aromatic carbocycles. The number of carboxylic acids is 1. The summed E-state index contributed by atoms with van der Waals surface area (Å²) in [6.45, 7) is 3.38. The normalized spacial score (nSPS) is 12.0. The van der Waals surface area contributed by atoms with Crippen molar-refractivity contribution in [2.24, 2.45) is 5.73 Å². The van der Waals surface area contributed by atoms with Gasteiger partial charge in [0.15, 0.2) is 0 Å². The first-order valence-corrected chi connectivity index (χ1v) is 8.61. The maximum Gasteiger partial charge on any atom is 0.320 e. The number of rotatable bonds is 5. The molecule has 2 rings (SSSR count). The Morgan fingerprint density at radius 1 is 1.12 bits per heavy atom. The first-order chi connectivity index (χ1) is 11.2. The molecule has 0 bridgehead atoms. The van der Waals surface area contributed by atoms with E-state index in [0.717, 1.165) is 11.1 Å². The summed E-state index contributed by atoms with van der Waals surface area (Å²) in [6.07, 6.45) is 0. The van der Waals surface area contributed by atoms with Gasteiger partial charge >= 0.3 is 5.97 Å². The summed E-state index contributed by atoms with van der Waals surface area (Å²) < 4.78 is 28.8. The lowest BCUT2D eigenvalue weighted by atomic mass is 10.2. The summed E-state index contributed by atoms with van der Waals surface area (Å²) in [5, 5.41) is 7.87. The topological polar surface area (TPSA) is 107 Å². The molecule has 1 unspecified atom stereocenters. The van der Waals surface area contributed by atoms with E-state index >= 15 is 0 Å². The minimum Gasteiger partial charge on any atom is -0.480 e. The third-order valence-corrected chi connectivity index (χ3v) is 4.20. The minimum absolute atomic E-state index is 0.0526. The molecule has 0 saturated carbocycles. The quantitative estimate of drug-likeness (QED) is 0.801. The number of nitrogens with two attached hydrogens (primary N) is 1. The molecule has 2 aromatic rings. The number of carbonyl (C=O) groups is 1. The summed E-state index contributed by atoms with van der Waals surface area (Å²) in [6, 6.07) is 15.1. The molecule has 0 heterocycles. The van der Waals surface area contributed by atoms with Crippen LogP contribution in [0.25, 0.3) is 0 Å². The Morgan fingerprint density at radius 3 is 2.08 bits per heavy atom. The third kappa shape index (κ3) is 6.91. The summed E-state index contributed by atoms with van der Waals surface area (Å²) in [4.78, 5) is 9.76. The van der Waals surface area contributed by atoms with Crippen molar-refractivity contribution >= 4 is 16.1 Å². The van der Waals surface area contributed by atoms with E-state index in [1.807, 2.05) is 37.3 Å². The molecule has 0 fully saturated rings. The number of aliphatic carboxylic acids is 1. The highest BCUT2D eigenvalue weighted by Gasteiger charge is 2.14. The van der Waals surface area contributed by atoms with Gasteiger partial charge in [-0.05, 0) is 31.5 Å². The molecular weight excluding hydrogens is 330 g/mol. The Hall–Kier alpha value is -2.22. The zero-order valence-electron chi connectivity index (χ0n) is 13.5. The van der Waals surface area contributed by atoms with Crippen LogP contribution in [-0.4, -0.2) is 25.5 Å². The van der Waals surface area contributed by atoms with Crippen molar-refractivity contribution in [1.82, 2.24) is 0 Å². The van der Waals surface area contributed by atoms with E-state index < -0.39 is 22.1 Å². The Kier molecular flexibility index (Phi) is 7.57. The summed E-state index contributed by atoms with van der Waals surface area (Å²) in [7, 11) is -3.68. The average Bonchev–Trinajstić information content (AvgIpc) is 2.55. The molecular formula is C17H21NO5S. The lowest BCUT2D eigenvalue weighted by Gasteiger charge is -2.06. The second-order valence-corrected chi connectivity index (χ2v) is 6.76. The SMILES string of the molecule is CC(N)C(=O)O.Cc1ccc(S(=O)(=O)OCc2ccccc2)cc1. The molecule has 0 aliphatic heterocycles. The number of aryl methyl sites for hydroxylation is 1. The molecule has 0 saturated heterocycles. The van der Waals surface area contributed by atoms with Crippen LogP contribution in [0.5, 0.6) is 0 Å². The van der Waals surface area contributed by atoms with Gasteiger partial charge in [-0.2, -0.15) is 8.42 Å². The maximum absolute atomic E-state index is 11.9. The van der Waals surface area contributed by atoms with Gasteiger partial charge in [0, 0.05) is 0 Å². The van der Waals surface area contributed by atoms with E-state index in [1.54, 1.807) is 24.3 Å². The van der Waals surface area contributed by atoms with E-state index in [1.165, 1.54) is 6.92 Å². The van der Waals surface area contributed by atoms with Crippen LogP contribution < -0.4 is 5.73 Å². The number of hydrogen-bond acceptors (Lipinski definition) is 5. The Morgan fingerprint density at radius 2 is 1.62 bits per heavy atom. The van der Waals surface area contributed by atoms with Crippen molar-refractivity contribution in [3.63, 3.8) is 0 Å². The molecule has 130 valence electrons. The van der Waals surface area contributed by atoms with E-state index in [0.29, 0.717) is 0 Å². The fourth-order valence-electron chi connectivity index (χ4n) is 1.49. The first-order valence-electron chi connectivity index (χ1n) is 7.21. The van der Waals surface area contributed by atoms with Crippen LogP contribution in [0.1, 0.15) is 18.1 Å². The smallest absolute Gasteiger partial charge is 0.320 e. The predicted octanol–water partition coefficient (Wildman–Crippen LogP) is 2.32. The van der Waals surface area contributed by atoms with Gasteiger partial charge in [0.1, 0.15) is 6.04 Å². The Balaban J connectivity index is 0.000000413. The van der Waals surface area contributed by atoms with Gasteiger partial charge < -0.3 is 10.8 Å². The fourth-order valence-corrected chi connectivity index (χ4v) is 2.39.